The Morgan fingerprint density at radius 2 is 0.244 bits per heavy atom. The minimum atomic E-state index is -3.91. The summed E-state index contributed by atoms with van der Waals surface area (Å²) in [6.45, 7) is 0. The number of hydrogen-bond donors (Lipinski definition) is 8. The van der Waals surface area contributed by atoms with E-state index in [-0.39, 0.29) is 58.7 Å². The molecule has 33 heteroatoms. The molecule has 0 aliphatic rings. The molecule has 682 valence electrons. The molecule has 0 saturated carbocycles. The van der Waals surface area contributed by atoms with E-state index in [1.807, 2.05) is 0 Å². The second kappa shape index (κ2) is 41.3. The number of nitrogen functional groups attached to an aromatic ring is 8. The summed E-state index contributed by atoms with van der Waals surface area (Å²) in [6, 6.07) is 108. The van der Waals surface area contributed by atoms with Crippen molar-refractivity contribution in [1.82, 2.24) is 0 Å². The van der Waals surface area contributed by atoms with Crippen molar-refractivity contribution in [3.63, 3.8) is 0 Å². The molecular formula is C102H84N8O19S6. The van der Waals surface area contributed by atoms with Gasteiger partial charge in [-0.05, 0) is 352 Å². The van der Waals surface area contributed by atoms with Gasteiger partial charge in [-0.25, -0.2) is 50.5 Å². The Bertz CT molecular complexity index is 7610. The van der Waals surface area contributed by atoms with Crippen LogP contribution in [-0.4, -0.2) is 50.5 Å². The number of anilines is 8. The van der Waals surface area contributed by atoms with Gasteiger partial charge in [0.05, 0.1) is 58.7 Å². The molecule has 0 saturated heterocycles. The van der Waals surface area contributed by atoms with Gasteiger partial charge in [-0.1, -0.05) is 36.4 Å². The Hall–Kier alpha value is -16.6. The predicted molar refractivity (Wildman–Crippen MR) is 518 cm³/mol. The van der Waals surface area contributed by atoms with Crippen LogP contribution in [0.2, 0.25) is 0 Å². The van der Waals surface area contributed by atoms with E-state index >= 15 is 0 Å². The van der Waals surface area contributed by atoms with Gasteiger partial charge in [-0.3, -0.25) is 0 Å². The van der Waals surface area contributed by atoms with Crippen molar-refractivity contribution in [1.29, 1.82) is 0 Å². The molecule has 0 aliphatic carbocycles. The molecular weight excluding hydrogens is 1830 g/mol. The fourth-order valence-corrected chi connectivity index (χ4v) is 20.5. The Balaban J connectivity index is 0.000000181. The van der Waals surface area contributed by atoms with E-state index in [1.165, 1.54) is 170 Å². The summed E-state index contributed by atoms with van der Waals surface area (Å²) in [5.74, 6) is 6.59. The highest BCUT2D eigenvalue weighted by molar-refractivity contribution is 7.93. The fraction of sp³-hybridized carbons (Fsp3) is 0. The minimum Gasteiger partial charge on any atom is -0.457 e. The average Bonchev–Trinajstić information content (AvgIpc) is 0.811. The van der Waals surface area contributed by atoms with E-state index in [4.69, 9.17) is 79.0 Å². The first-order valence-corrected chi connectivity index (χ1v) is 49.5. The third kappa shape index (κ3) is 24.4. The number of ether oxygens (including phenoxy) is 7. The lowest BCUT2D eigenvalue weighted by Gasteiger charge is -2.11. The van der Waals surface area contributed by atoms with E-state index in [2.05, 4.69) is 0 Å². The van der Waals surface area contributed by atoms with Crippen LogP contribution in [0.3, 0.4) is 0 Å². The topological polar surface area (TPSA) is 478 Å². The molecule has 0 amide bonds. The summed E-state index contributed by atoms with van der Waals surface area (Å²) < 4.78 is 196. The number of hydrogen-bond acceptors (Lipinski definition) is 27. The molecule has 0 heterocycles. The molecule has 0 aliphatic heterocycles. The molecule has 0 spiro atoms. The maximum Gasteiger partial charge on any atom is 0.206 e. The van der Waals surface area contributed by atoms with Crippen LogP contribution in [0, 0.1) is 0 Å². The monoisotopic (exact) mass is 1920 g/mol. The summed E-state index contributed by atoms with van der Waals surface area (Å²) in [7, 11) is -22.3. The fourth-order valence-electron chi connectivity index (χ4n) is 12.8. The second-order valence-corrected chi connectivity index (χ2v) is 41.2. The number of rotatable bonds is 26. The highest BCUT2D eigenvalue weighted by atomic mass is 32.2. The van der Waals surface area contributed by atoms with Crippen molar-refractivity contribution in [2.75, 3.05) is 45.9 Å². The molecule has 0 atom stereocenters. The van der Waals surface area contributed by atoms with Crippen LogP contribution in [0.1, 0.15) is 0 Å². The van der Waals surface area contributed by atoms with Crippen LogP contribution >= 0.6 is 0 Å². The maximum absolute atomic E-state index is 13.5. The first-order valence-electron chi connectivity index (χ1n) is 40.6. The lowest BCUT2D eigenvalue weighted by atomic mass is 10.3. The van der Waals surface area contributed by atoms with Crippen molar-refractivity contribution in [3.8, 4) is 80.5 Å². The van der Waals surface area contributed by atoms with Crippen LogP contribution in [0.25, 0.3) is 0 Å². The molecule has 17 rings (SSSR count). The van der Waals surface area contributed by atoms with Crippen molar-refractivity contribution >= 4 is 105 Å². The van der Waals surface area contributed by atoms with E-state index in [9.17, 15) is 50.5 Å². The molecule has 17 aromatic rings. The van der Waals surface area contributed by atoms with E-state index < -0.39 is 59.0 Å². The number of nitrogens with two attached hydrogens (primary N) is 8. The van der Waals surface area contributed by atoms with Crippen LogP contribution < -0.4 is 79.0 Å². The molecule has 27 nitrogen and oxygen atoms in total. The quantitative estimate of drug-likeness (QED) is 0.0233. The zero-order valence-electron chi connectivity index (χ0n) is 71.1. The summed E-state index contributed by atoms with van der Waals surface area (Å²) in [4.78, 5) is 1.54. The van der Waals surface area contributed by atoms with Gasteiger partial charge < -0.3 is 79.0 Å². The van der Waals surface area contributed by atoms with Crippen molar-refractivity contribution in [2.45, 2.75) is 58.7 Å². The summed E-state index contributed by atoms with van der Waals surface area (Å²) in [5.41, 5.74) is 49.4. The van der Waals surface area contributed by atoms with E-state index in [0.717, 1.165) is 0 Å². The lowest BCUT2D eigenvalue weighted by Crippen LogP contribution is -2.03. The summed E-state index contributed by atoms with van der Waals surface area (Å²) in [5, 5.41) is 0. The Labute approximate surface area is 780 Å². The zero-order valence-corrected chi connectivity index (χ0v) is 76.0. The van der Waals surface area contributed by atoms with Crippen molar-refractivity contribution in [2.24, 2.45) is 0 Å². The highest BCUT2D eigenvalue weighted by Gasteiger charge is 2.25. The Kier molecular flexibility index (Phi) is 28.9. The van der Waals surface area contributed by atoms with Crippen LogP contribution in [-0.2, 0) is 59.0 Å². The van der Waals surface area contributed by atoms with Crippen molar-refractivity contribution in [3.05, 3.63) is 413 Å². The maximum atomic E-state index is 13.5. The molecule has 135 heavy (non-hydrogen) atoms. The third-order valence-electron chi connectivity index (χ3n) is 19.7. The minimum absolute atomic E-state index is 0.0398. The lowest BCUT2D eigenvalue weighted by molar-refractivity contribution is 0.469. The van der Waals surface area contributed by atoms with Gasteiger partial charge in [0.2, 0.25) is 59.0 Å². The van der Waals surface area contributed by atoms with Gasteiger partial charge in [0, 0.05) is 69.8 Å². The van der Waals surface area contributed by atoms with E-state index in [0.29, 0.717) is 126 Å². The first-order chi connectivity index (χ1) is 64.6. The highest BCUT2D eigenvalue weighted by Crippen LogP contribution is 2.38. The number of benzene rings is 17. The van der Waals surface area contributed by atoms with Crippen molar-refractivity contribution < 1.29 is 83.7 Å². The molecule has 0 aromatic heterocycles. The van der Waals surface area contributed by atoms with Gasteiger partial charge in [0.1, 0.15) is 80.5 Å². The normalized spacial score (nSPS) is 11.4. The molecule has 17 aromatic carbocycles. The molecule has 0 fully saturated rings. The van der Waals surface area contributed by atoms with Crippen LogP contribution in [0.4, 0.5) is 45.5 Å². The van der Waals surface area contributed by atoms with Crippen LogP contribution in [0.15, 0.2) is 471 Å². The Morgan fingerprint density at radius 1 is 0.119 bits per heavy atom. The second-order valence-electron chi connectivity index (χ2n) is 29.6. The Morgan fingerprint density at radius 3 is 0.400 bits per heavy atom. The van der Waals surface area contributed by atoms with Gasteiger partial charge in [0.25, 0.3) is 0 Å². The standard InChI is InChI=1S/C54H40N2O11S3.C24H20N2O4S.2C12H12N2O2S/c55-37-3-1-5-47(35-37)66-45-19-31-53(32-20-45)69(59,60)50-25-13-42(14-26-50)64-40-9-7-39(8-10-40)63-41-11-23-49(24-12-41)68(57,58)51-27-15-43(16-28-51)65-44-17-29-52(30-18-44)70(61,62)54-33-21-46(22-34-54)67-48-6-2-4-38(56)36-48;25-17-3-1-5-21(15-17)29-19-7-11-23(12-8-19)31(27,28)24-13-9-20(10-14-24)30-22-6-2-4-18(26)16-22;13-9-1-5-11(6-2-9)17(15,16)12-7-3-10(14)4-8-12;13-9-3-1-5-11(7-9)17(15,16)12-6-2-4-10(14)8-12/h1-36H,55-56H2;1-16H,25-26H2;2*1-8H,13-14H2. The average molecular weight is 1920 g/mol. The van der Waals surface area contributed by atoms with Gasteiger partial charge >= 0.3 is 0 Å². The molecule has 0 bridgehead atoms. The first kappa shape index (κ1) is 94.6. The summed E-state index contributed by atoms with van der Waals surface area (Å²) >= 11 is 0. The smallest absolute Gasteiger partial charge is 0.206 e. The number of sulfone groups is 6. The summed E-state index contributed by atoms with van der Waals surface area (Å²) in [6.07, 6.45) is 0. The van der Waals surface area contributed by atoms with Gasteiger partial charge in [0.15, 0.2) is 0 Å². The molecule has 0 radical (unpaired) electrons. The van der Waals surface area contributed by atoms with Gasteiger partial charge in [-0.2, -0.15) is 0 Å². The zero-order chi connectivity index (χ0) is 95.7. The predicted octanol–water partition coefficient (Wildman–Crippen LogP) is 20.9. The third-order valence-corrected chi connectivity index (χ3v) is 30.4. The van der Waals surface area contributed by atoms with Crippen LogP contribution in [0.5, 0.6) is 80.5 Å². The van der Waals surface area contributed by atoms with E-state index in [1.54, 1.807) is 243 Å². The van der Waals surface area contributed by atoms with Gasteiger partial charge in [-0.15, -0.1) is 0 Å². The molecule has 16 N–H and O–H groups in total. The largest absolute Gasteiger partial charge is 0.457 e. The molecule has 0 unspecified atom stereocenters. The SMILES string of the molecule is Nc1ccc(S(=O)(=O)c2ccc(N)cc2)cc1.Nc1cccc(Oc2ccc(S(=O)(=O)c3ccc(Oc4ccc(Oc5ccc(S(=O)(=O)c6ccc(Oc7ccc(S(=O)(=O)c8ccc(Oc9cccc(N)c9)cc8)cc7)cc6)cc5)cc4)cc3)cc2)c1.Nc1cccc(Oc2ccc(S(=O)(=O)c3ccc(Oc4cccc(N)c4)cc3)cc2)c1.Nc1cccc(S(=O)(=O)c2cccc(N)c2)c1.